The van der Waals surface area contributed by atoms with E-state index in [-0.39, 0.29) is 29.4 Å². The molecule has 2 aliphatic rings. The molecule has 3 rings (SSSR count). The number of rotatable bonds is 4. The van der Waals surface area contributed by atoms with Gasteiger partial charge in [-0.05, 0) is 44.7 Å². The minimum absolute atomic E-state index is 0.00601. The lowest BCUT2D eigenvalue weighted by molar-refractivity contribution is -0.155. The van der Waals surface area contributed by atoms with Gasteiger partial charge in [0.25, 0.3) is 0 Å². The molecule has 1 saturated heterocycles. The van der Waals surface area contributed by atoms with Crippen LogP contribution in [-0.4, -0.2) is 60.7 Å². The summed E-state index contributed by atoms with van der Waals surface area (Å²) in [6.07, 6.45) is 1.23. The van der Waals surface area contributed by atoms with Crippen molar-refractivity contribution in [2.75, 3.05) is 24.6 Å². The molecule has 7 heteroatoms. The third kappa shape index (κ3) is 3.88. The average molecular weight is 393 g/mol. The van der Waals surface area contributed by atoms with Crippen molar-refractivity contribution >= 4 is 21.7 Å². The predicted octanol–water partition coefficient (Wildman–Crippen LogP) is 1.63. The summed E-state index contributed by atoms with van der Waals surface area (Å²) in [5, 5.41) is 0. The summed E-state index contributed by atoms with van der Waals surface area (Å²) in [6.45, 7) is 6.65. The Balaban J connectivity index is 1.76. The van der Waals surface area contributed by atoms with Gasteiger partial charge in [-0.1, -0.05) is 24.3 Å². The molecule has 1 fully saturated rings. The van der Waals surface area contributed by atoms with Crippen LogP contribution in [0.2, 0.25) is 0 Å². The molecule has 1 atom stereocenters. The van der Waals surface area contributed by atoms with Crippen LogP contribution in [0.5, 0.6) is 0 Å². The van der Waals surface area contributed by atoms with E-state index in [0.717, 1.165) is 12.0 Å². The molecule has 2 amide bonds. The van der Waals surface area contributed by atoms with Crippen molar-refractivity contribution in [1.82, 2.24) is 9.80 Å². The molecule has 0 aromatic heterocycles. The number of benzene rings is 1. The van der Waals surface area contributed by atoms with Crippen LogP contribution >= 0.6 is 0 Å². The van der Waals surface area contributed by atoms with Gasteiger partial charge in [0.05, 0.1) is 11.5 Å². The molecule has 0 saturated carbocycles. The Bertz CT molecular complexity index is 847. The zero-order valence-corrected chi connectivity index (χ0v) is 17.1. The van der Waals surface area contributed by atoms with Crippen LogP contribution in [0.3, 0.4) is 0 Å². The van der Waals surface area contributed by atoms with Crippen LogP contribution in [0.4, 0.5) is 0 Å². The predicted molar refractivity (Wildman–Crippen MR) is 104 cm³/mol. The number of carbonyl (C=O) groups is 2. The smallest absolute Gasteiger partial charge is 0.238 e. The summed E-state index contributed by atoms with van der Waals surface area (Å²) in [5.41, 5.74) is 1.15. The maximum Gasteiger partial charge on any atom is 0.238 e. The van der Waals surface area contributed by atoms with E-state index in [2.05, 4.69) is 6.07 Å². The number of hydrogen-bond acceptors (Lipinski definition) is 4. The molecule has 2 aliphatic heterocycles. The molecule has 1 aromatic carbocycles. The quantitative estimate of drug-likeness (QED) is 0.730. The Morgan fingerprint density at radius 1 is 1.22 bits per heavy atom. The van der Waals surface area contributed by atoms with Crippen molar-refractivity contribution in [3.8, 4) is 0 Å². The van der Waals surface area contributed by atoms with E-state index in [1.807, 2.05) is 25.1 Å². The maximum atomic E-state index is 13.2. The third-order valence-corrected chi connectivity index (χ3v) is 7.49. The first-order valence-corrected chi connectivity index (χ1v) is 11.4. The minimum Gasteiger partial charge on any atom is -0.338 e. The van der Waals surface area contributed by atoms with Gasteiger partial charge >= 0.3 is 0 Å². The number of nitrogens with zero attached hydrogens (tertiary/aromatic N) is 2. The fourth-order valence-electron chi connectivity index (χ4n) is 4.10. The lowest BCUT2D eigenvalue weighted by Gasteiger charge is -2.38. The summed E-state index contributed by atoms with van der Waals surface area (Å²) in [4.78, 5) is 29.7. The fourth-order valence-corrected chi connectivity index (χ4v) is 5.83. The highest BCUT2D eigenvalue weighted by Gasteiger charge is 2.45. The fraction of sp³-hybridized carbons (Fsp3) is 0.600. The molecular weight excluding hydrogens is 364 g/mol. The van der Waals surface area contributed by atoms with Gasteiger partial charge in [-0.15, -0.1) is 0 Å². The lowest BCUT2D eigenvalue weighted by Crippen LogP contribution is -2.54. The SMILES string of the molecule is CCN(C(=O)C(C)(C)C(=O)N1CCc2ccccc2C1)C1CCS(=O)(=O)C1. The molecule has 0 spiro atoms. The molecule has 1 aromatic rings. The van der Waals surface area contributed by atoms with Crippen LogP contribution < -0.4 is 0 Å². The largest absolute Gasteiger partial charge is 0.338 e. The number of fused-ring (bicyclic) bond motifs is 1. The molecule has 0 aliphatic carbocycles. The standard InChI is InChI=1S/C20H28N2O4S/c1-4-22(17-10-12-27(25,26)14-17)19(24)20(2,3)18(23)21-11-9-15-7-5-6-8-16(15)13-21/h5-8,17H,4,9-14H2,1-3H3. The molecule has 0 radical (unpaired) electrons. The number of carbonyl (C=O) groups excluding carboxylic acids is 2. The summed E-state index contributed by atoms with van der Waals surface area (Å²) >= 11 is 0. The Morgan fingerprint density at radius 2 is 1.89 bits per heavy atom. The first-order chi connectivity index (χ1) is 12.7. The summed E-state index contributed by atoms with van der Waals surface area (Å²) in [6, 6.07) is 7.72. The van der Waals surface area contributed by atoms with Gasteiger partial charge in [0.15, 0.2) is 9.84 Å². The lowest BCUT2D eigenvalue weighted by atomic mass is 9.87. The van der Waals surface area contributed by atoms with Crippen LogP contribution in [0.25, 0.3) is 0 Å². The maximum absolute atomic E-state index is 13.2. The Hall–Kier alpha value is -1.89. The highest BCUT2D eigenvalue weighted by Crippen LogP contribution is 2.29. The van der Waals surface area contributed by atoms with Crippen LogP contribution in [0.1, 0.15) is 38.3 Å². The normalized spacial score (nSPS) is 21.6. The van der Waals surface area contributed by atoms with Crippen molar-refractivity contribution in [3.05, 3.63) is 35.4 Å². The first-order valence-electron chi connectivity index (χ1n) is 9.53. The average Bonchev–Trinajstić information content (AvgIpc) is 3.00. The zero-order chi connectivity index (χ0) is 19.8. The van der Waals surface area contributed by atoms with Crippen molar-refractivity contribution in [2.45, 2.75) is 46.2 Å². The van der Waals surface area contributed by atoms with Crippen molar-refractivity contribution in [1.29, 1.82) is 0 Å². The van der Waals surface area contributed by atoms with Crippen LogP contribution in [0.15, 0.2) is 24.3 Å². The van der Waals surface area contributed by atoms with Gasteiger partial charge in [-0.3, -0.25) is 9.59 Å². The van der Waals surface area contributed by atoms with E-state index in [0.29, 0.717) is 26.1 Å². The van der Waals surface area contributed by atoms with Crippen molar-refractivity contribution < 1.29 is 18.0 Å². The first kappa shape index (κ1) is 19.9. The molecule has 27 heavy (non-hydrogen) atoms. The third-order valence-electron chi connectivity index (χ3n) is 5.74. The van der Waals surface area contributed by atoms with Crippen molar-refractivity contribution in [2.24, 2.45) is 5.41 Å². The van der Waals surface area contributed by atoms with Gasteiger partial charge in [0.1, 0.15) is 5.41 Å². The van der Waals surface area contributed by atoms with Crippen molar-refractivity contribution in [3.63, 3.8) is 0 Å². The minimum atomic E-state index is -3.09. The van der Waals surface area contributed by atoms with E-state index in [1.165, 1.54) is 5.56 Å². The van der Waals surface area contributed by atoms with Crippen LogP contribution in [-0.2, 0) is 32.4 Å². The molecule has 0 N–H and O–H groups in total. The highest BCUT2D eigenvalue weighted by molar-refractivity contribution is 7.91. The summed E-state index contributed by atoms with van der Waals surface area (Å²) < 4.78 is 23.6. The Morgan fingerprint density at radius 3 is 2.48 bits per heavy atom. The molecule has 6 nitrogen and oxygen atoms in total. The van der Waals surface area contributed by atoms with Crippen LogP contribution in [0, 0.1) is 5.41 Å². The Labute approximate surface area is 161 Å². The van der Waals surface area contributed by atoms with E-state index in [1.54, 1.807) is 23.6 Å². The van der Waals surface area contributed by atoms with E-state index < -0.39 is 15.3 Å². The summed E-state index contributed by atoms with van der Waals surface area (Å²) in [7, 11) is -3.09. The van der Waals surface area contributed by atoms with Gasteiger partial charge < -0.3 is 9.80 Å². The monoisotopic (exact) mass is 392 g/mol. The molecule has 148 valence electrons. The summed E-state index contributed by atoms with van der Waals surface area (Å²) in [5.74, 6) is -0.371. The number of sulfone groups is 1. The van der Waals surface area contributed by atoms with Gasteiger partial charge in [0.2, 0.25) is 11.8 Å². The molecular formula is C20H28N2O4S. The zero-order valence-electron chi connectivity index (χ0n) is 16.3. The topological polar surface area (TPSA) is 74.8 Å². The van der Waals surface area contributed by atoms with E-state index >= 15 is 0 Å². The Kier molecular flexibility index (Phi) is 5.34. The number of amides is 2. The van der Waals surface area contributed by atoms with Gasteiger partial charge in [-0.2, -0.15) is 0 Å². The van der Waals surface area contributed by atoms with Gasteiger partial charge in [0, 0.05) is 25.7 Å². The molecule has 1 unspecified atom stereocenters. The van der Waals surface area contributed by atoms with Gasteiger partial charge in [-0.25, -0.2) is 8.42 Å². The van der Waals surface area contributed by atoms with E-state index in [9.17, 15) is 18.0 Å². The molecule has 0 bridgehead atoms. The molecule has 2 heterocycles. The second kappa shape index (κ2) is 7.26. The highest BCUT2D eigenvalue weighted by atomic mass is 32.2. The second-order valence-electron chi connectivity index (χ2n) is 8.02. The number of hydrogen-bond donors (Lipinski definition) is 0. The van der Waals surface area contributed by atoms with E-state index in [4.69, 9.17) is 0 Å². The second-order valence-corrected chi connectivity index (χ2v) is 10.2.